The number of nitrogens with zero attached hydrogens (tertiary/aromatic N) is 5. The first-order chi connectivity index (χ1) is 17.4. The average Bonchev–Trinajstić information content (AvgIpc) is 3.14. The molecule has 11 nitrogen and oxygen atoms in total. The third kappa shape index (κ3) is 8.94. The lowest BCUT2D eigenvalue weighted by molar-refractivity contribution is 0.0263. The molecule has 0 aromatic carbocycles. The van der Waals surface area contributed by atoms with Gasteiger partial charge in [0.1, 0.15) is 28.2 Å². The van der Waals surface area contributed by atoms with Crippen molar-refractivity contribution in [2.24, 2.45) is 0 Å². The number of imide groups is 1. The number of hydrogen-bond acceptors (Lipinski definition) is 8. The maximum atomic E-state index is 13.1. The molecule has 2 heterocycles. The summed E-state index contributed by atoms with van der Waals surface area (Å²) in [7, 11) is 0. The number of rotatable bonds is 4. The molecule has 0 saturated heterocycles. The van der Waals surface area contributed by atoms with Crippen LogP contribution in [0.5, 0.6) is 0 Å². The third-order valence-corrected chi connectivity index (χ3v) is 4.53. The van der Waals surface area contributed by atoms with Crippen LogP contribution in [-0.2, 0) is 14.2 Å². The number of carbonyl (C=O) groups is 3. The molecule has 0 aliphatic rings. The topological polar surface area (TPSA) is 116 Å². The molecule has 208 valence electrons. The molecule has 3 amide bonds. The van der Waals surface area contributed by atoms with E-state index in [2.05, 4.69) is 21.9 Å². The first kappa shape index (κ1) is 30.4. The van der Waals surface area contributed by atoms with Gasteiger partial charge in [-0.15, -0.1) is 0 Å². The van der Waals surface area contributed by atoms with Crippen LogP contribution in [-0.4, -0.2) is 67.7 Å². The summed E-state index contributed by atoms with van der Waals surface area (Å²) in [5, 5.41) is 4.29. The maximum absolute atomic E-state index is 13.1. The van der Waals surface area contributed by atoms with Gasteiger partial charge in [0.2, 0.25) is 0 Å². The third-order valence-electron chi connectivity index (χ3n) is 4.53. The summed E-state index contributed by atoms with van der Waals surface area (Å²) >= 11 is 0. The number of aromatic nitrogens is 3. The minimum atomic E-state index is -0.905. The molecule has 0 atom stereocenters. The Labute approximate surface area is 224 Å². The van der Waals surface area contributed by atoms with Gasteiger partial charge >= 0.3 is 18.3 Å². The van der Waals surface area contributed by atoms with Gasteiger partial charge in [-0.05, 0) is 81.2 Å². The maximum Gasteiger partial charge on any atom is 0.424 e. The summed E-state index contributed by atoms with van der Waals surface area (Å²) < 4.78 is 17.8. The number of amides is 3. The van der Waals surface area contributed by atoms with Gasteiger partial charge in [0.25, 0.3) is 0 Å². The summed E-state index contributed by atoms with van der Waals surface area (Å²) in [4.78, 5) is 45.2. The lowest BCUT2D eigenvalue weighted by Gasteiger charge is -2.28. The van der Waals surface area contributed by atoms with E-state index < -0.39 is 35.1 Å². The van der Waals surface area contributed by atoms with Crippen molar-refractivity contribution in [2.75, 3.05) is 18.0 Å². The number of carbonyl (C=O) groups excluding carboxylic acids is 3. The second-order valence-electron chi connectivity index (χ2n) is 11.5. The van der Waals surface area contributed by atoms with Crippen LogP contribution in [0.25, 0.3) is 5.65 Å². The SMILES string of the molecule is CCN(CCC#Cc1cnc2c(N(C(=O)OC(C)(C)C)C(=O)OC(C)(C)C)ccnn12)C(=O)OC(C)(C)C. The highest BCUT2D eigenvalue weighted by molar-refractivity contribution is 6.11. The van der Waals surface area contributed by atoms with E-state index in [-0.39, 0.29) is 11.3 Å². The van der Waals surface area contributed by atoms with Crippen molar-refractivity contribution in [1.29, 1.82) is 0 Å². The van der Waals surface area contributed by atoms with Crippen LogP contribution in [0.4, 0.5) is 20.1 Å². The Bertz CT molecular complexity index is 1190. The number of imidazole rings is 1. The number of fused-ring (bicyclic) bond motifs is 1. The van der Waals surface area contributed by atoms with Gasteiger partial charge in [0, 0.05) is 19.5 Å². The van der Waals surface area contributed by atoms with Gasteiger partial charge in [-0.2, -0.15) is 10.00 Å². The van der Waals surface area contributed by atoms with E-state index in [4.69, 9.17) is 14.2 Å². The van der Waals surface area contributed by atoms with Crippen LogP contribution in [0.1, 0.15) is 81.4 Å². The van der Waals surface area contributed by atoms with E-state index in [9.17, 15) is 14.4 Å². The number of anilines is 1. The van der Waals surface area contributed by atoms with Crippen LogP contribution in [0.15, 0.2) is 18.5 Å². The minimum Gasteiger partial charge on any atom is -0.444 e. The molecule has 2 rings (SSSR count). The van der Waals surface area contributed by atoms with Gasteiger partial charge in [-0.25, -0.2) is 23.9 Å². The summed E-state index contributed by atoms with van der Waals surface area (Å²) in [6.45, 7) is 18.4. The van der Waals surface area contributed by atoms with Gasteiger partial charge in [0.05, 0.1) is 12.4 Å². The van der Waals surface area contributed by atoms with Crippen LogP contribution < -0.4 is 4.90 Å². The van der Waals surface area contributed by atoms with E-state index in [1.165, 1.54) is 23.0 Å². The molecule has 0 unspecified atom stereocenters. The zero-order valence-corrected chi connectivity index (χ0v) is 24.0. The highest BCUT2D eigenvalue weighted by atomic mass is 16.6. The zero-order chi connectivity index (χ0) is 28.9. The minimum absolute atomic E-state index is 0.138. The second kappa shape index (κ2) is 11.7. The van der Waals surface area contributed by atoms with E-state index in [1.54, 1.807) is 46.4 Å². The normalized spacial score (nSPS) is 11.8. The summed E-state index contributed by atoms with van der Waals surface area (Å²) in [6.07, 6.45) is 1.11. The van der Waals surface area contributed by atoms with Crippen LogP contribution in [0, 0.1) is 11.8 Å². The molecule has 0 aliphatic heterocycles. The fraction of sp³-hybridized carbons (Fsp3) is 0.593. The summed E-state index contributed by atoms with van der Waals surface area (Å²) in [5.74, 6) is 6.02. The molecule has 0 bridgehead atoms. The van der Waals surface area contributed by atoms with E-state index in [0.717, 1.165) is 4.90 Å². The fourth-order valence-corrected chi connectivity index (χ4v) is 3.08. The molecule has 2 aromatic rings. The monoisotopic (exact) mass is 529 g/mol. The molecule has 0 radical (unpaired) electrons. The zero-order valence-electron chi connectivity index (χ0n) is 24.0. The molecule has 11 heteroatoms. The summed E-state index contributed by atoms with van der Waals surface area (Å²) in [5.41, 5.74) is -1.48. The highest BCUT2D eigenvalue weighted by Gasteiger charge is 2.34. The van der Waals surface area contributed by atoms with Crippen molar-refractivity contribution in [3.8, 4) is 11.8 Å². The standard InChI is InChI=1S/C27H39N5O6/c1-11-30(22(33)36-25(2,3)4)17-13-12-14-19-18-28-21-20(15-16-29-32(19)21)31(23(34)37-26(5,6)7)24(35)38-27(8,9)10/h15-16,18H,11,13,17H2,1-10H3. The summed E-state index contributed by atoms with van der Waals surface area (Å²) in [6, 6.07) is 1.48. The van der Waals surface area contributed by atoms with Gasteiger partial charge in [-0.3, -0.25) is 0 Å². The van der Waals surface area contributed by atoms with Crippen molar-refractivity contribution in [3.05, 3.63) is 24.2 Å². The van der Waals surface area contributed by atoms with Crippen molar-refractivity contribution in [3.63, 3.8) is 0 Å². The van der Waals surface area contributed by atoms with Gasteiger partial charge in [-0.1, -0.05) is 5.92 Å². The first-order valence-electron chi connectivity index (χ1n) is 12.5. The quantitative estimate of drug-likeness (QED) is 0.382. The highest BCUT2D eigenvalue weighted by Crippen LogP contribution is 2.25. The van der Waals surface area contributed by atoms with E-state index in [1.807, 2.05) is 27.7 Å². The molecule has 38 heavy (non-hydrogen) atoms. The Morgan fingerprint density at radius 1 is 0.895 bits per heavy atom. The van der Waals surface area contributed by atoms with Crippen LogP contribution in [0.3, 0.4) is 0 Å². The molecule has 0 saturated carbocycles. The Hall–Kier alpha value is -3.81. The largest absolute Gasteiger partial charge is 0.444 e. The Balaban J connectivity index is 2.34. The average molecular weight is 530 g/mol. The Morgan fingerprint density at radius 2 is 1.42 bits per heavy atom. The Morgan fingerprint density at radius 3 is 1.92 bits per heavy atom. The number of hydrogen-bond donors (Lipinski definition) is 0. The van der Waals surface area contributed by atoms with Crippen molar-refractivity contribution in [1.82, 2.24) is 19.5 Å². The molecular weight excluding hydrogens is 490 g/mol. The van der Waals surface area contributed by atoms with Crippen molar-refractivity contribution < 1.29 is 28.6 Å². The lowest BCUT2D eigenvalue weighted by Crippen LogP contribution is -2.44. The van der Waals surface area contributed by atoms with Crippen LogP contribution >= 0.6 is 0 Å². The predicted molar refractivity (Wildman–Crippen MR) is 143 cm³/mol. The molecule has 2 aromatic heterocycles. The first-order valence-corrected chi connectivity index (χ1v) is 12.5. The smallest absolute Gasteiger partial charge is 0.424 e. The van der Waals surface area contributed by atoms with Crippen molar-refractivity contribution in [2.45, 2.75) is 92.5 Å². The van der Waals surface area contributed by atoms with Gasteiger partial charge in [0.15, 0.2) is 5.65 Å². The predicted octanol–water partition coefficient (Wildman–Crippen LogP) is 5.40. The molecule has 0 aliphatic carbocycles. The van der Waals surface area contributed by atoms with Gasteiger partial charge < -0.3 is 19.1 Å². The Kier molecular flexibility index (Phi) is 9.37. The lowest BCUT2D eigenvalue weighted by atomic mass is 10.2. The molecule has 0 N–H and O–H groups in total. The van der Waals surface area contributed by atoms with Crippen LogP contribution in [0.2, 0.25) is 0 Å². The van der Waals surface area contributed by atoms with Crippen molar-refractivity contribution >= 4 is 29.6 Å². The second-order valence-corrected chi connectivity index (χ2v) is 11.5. The van der Waals surface area contributed by atoms with E-state index in [0.29, 0.717) is 25.2 Å². The molecule has 0 spiro atoms. The fourth-order valence-electron chi connectivity index (χ4n) is 3.08. The molecule has 0 fully saturated rings. The molecular formula is C27H39N5O6. The number of ether oxygens (including phenoxy) is 3. The van der Waals surface area contributed by atoms with E-state index >= 15 is 0 Å².